The van der Waals surface area contributed by atoms with E-state index in [9.17, 15) is 9.59 Å². The first-order chi connectivity index (χ1) is 11.5. The molecule has 0 saturated heterocycles. The Morgan fingerprint density at radius 3 is 2.42 bits per heavy atom. The highest BCUT2D eigenvalue weighted by Gasteiger charge is 2.06. The summed E-state index contributed by atoms with van der Waals surface area (Å²) in [6.07, 6.45) is 3.20. The van der Waals surface area contributed by atoms with Crippen molar-refractivity contribution in [2.24, 2.45) is 5.73 Å². The van der Waals surface area contributed by atoms with Gasteiger partial charge in [0.15, 0.2) is 6.61 Å². The lowest BCUT2D eigenvalue weighted by Crippen LogP contribution is -2.24. The highest BCUT2D eigenvalue weighted by atomic mass is 16.5. The van der Waals surface area contributed by atoms with Crippen molar-refractivity contribution in [1.29, 1.82) is 0 Å². The SMILES string of the molecule is CC(NC(=O)/C=C/c1ccc(OCC(N)=O)cc1)c1ccccc1. The van der Waals surface area contributed by atoms with E-state index in [1.807, 2.05) is 37.3 Å². The fourth-order valence-corrected chi connectivity index (χ4v) is 2.09. The Kier molecular flexibility index (Phi) is 6.14. The Balaban J connectivity index is 1.88. The molecule has 0 aliphatic heterocycles. The molecule has 2 aromatic carbocycles. The fourth-order valence-electron chi connectivity index (χ4n) is 2.09. The molecule has 5 nitrogen and oxygen atoms in total. The van der Waals surface area contributed by atoms with Gasteiger partial charge in [0.1, 0.15) is 5.75 Å². The summed E-state index contributed by atoms with van der Waals surface area (Å²) in [5.74, 6) is -0.142. The fraction of sp³-hybridized carbons (Fsp3) is 0.158. The number of amides is 2. The third-order valence-electron chi connectivity index (χ3n) is 3.35. The van der Waals surface area contributed by atoms with Crippen LogP contribution in [0, 0.1) is 0 Å². The van der Waals surface area contributed by atoms with Crippen LogP contribution in [0.4, 0.5) is 0 Å². The zero-order chi connectivity index (χ0) is 17.4. The molecule has 5 heteroatoms. The van der Waals surface area contributed by atoms with Gasteiger partial charge in [0, 0.05) is 6.08 Å². The van der Waals surface area contributed by atoms with Gasteiger partial charge < -0.3 is 15.8 Å². The highest BCUT2D eigenvalue weighted by Crippen LogP contribution is 2.14. The van der Waals surface area contributed by atoms with E-state index in [4.69, 9.17) is 10.5 Å². The van der Waals surface area contributed by atoms with Gasteiger partial charge in [-0.05, 0) is 36.3 Å². The molecular formula is C19H20N2O3. The van der Waals surface area contributed by atoms with Crippen LogP contribution >= 0.6 is 0 Å². The standard InChI is InChI=1S/C19H20N2O3/c1-14(16-5-3-2-4-6-16)21-19(23)12-9-15-7-10-17(11-8-15)24-13-18(20)22/h2-12,14H,13H2,1H3,(H2,20,22)(H,21,23)/b12-9+. The maximum atomic E-state index is 12.0. The summed E-state index contributed by atoms with van der Waals surface area (Å²) in [4.78, 5) is 22.6. The van der Waals surface area contributed by atoms with E-state index in [0.29, 0.717) is 5.75 Å². The van der Waals surface area contributed by atoms with Crippen LogP contribution < -0.4 is 15.8 Å². The molecule has 124 valence electrons. The van der Waals surface area contributed by atoms with Gasteiger partial charge in [-0.15, -0.1) is 0 Å². The van der Waals surface area contributed by atoms with Gasteiger partial charge in [0.05, 0.1) is 6.04 Å². The largest absolute Gasteiger partial charge is 0.484 e. The molecule has 0 fully saturated rings. The summed E-state index contributed by atoms with van der Waals surface area (Å²) >= 11 is 0. The summed E-state index contributed by atoms with van der Waals surface area (Å²) in [7, 11) is 0. The van der Waals surface area contributed by atoms with E-state index in [0.717, 1.165) is 11.1 Å². The van der Waals surface area contributed by atoms with Crippen molar-refractivity contribution in [2.75, 3.05) is 6.61 Å². The Bertz CT molecular complexity index is 709. The summed E-state index contributed by atoms with van der Waals surface area (Å²) in [5.41, 5.74) is 6.92. The summed E-state index contributed by atoms with van der Waals surface area (Å²) < 4.78 is 5.17. The molecule has 2 amide bonds. The molecule has 0 radical (unpaired) electrons. The molecule has 24 heavy (non-hydrogen) atoms. The molecule has 0 heterocycles. The molecule has 1 atom stereocenters. The normalized spacial score (nSPS) is 11.9. The zero-order valence-corrected chi connectivity index (χ0v) is 13.4. The van der Waals surface area contributed by atoms with Gasteiger partial charge >= 0.3 is 0 Å². The second-order valence-electron chi connectivity index (χ2n) is 5.30. The lowest BCUT2D eigenvalue weighted by Gasteiger charge is -2.12. The molecule has 0 saturated carbocycles. The van der Waals surface area contributed by atoms with E-state index in [-0.39, 0.29) is 18.6 Å². The average molecular weight is 324 g/mol. The number of hydrogen-bond acceptors (Lipinski definition) is 3. The van der Waals surface area contributed by atoms with E-state index in [1.54, 1.807) is 30.3 Å². The zero-order valence-electron chi connectivity index (χ0n) is 13.4. The maximum absolute atomic E-state index is 12.0. The summed E-state index contributed by atoms with van der Waals surface area (Å²) in [5, 5.41) is 2.91. The second kappa shape index (κ2) is 8.53. The van der Waals surface area contributed by atoms with Crippen LogP contribution in [0.5, 0.6) is 5.75 Å². The predicted molar refractivity (Wildman–Crippen MR) is 93.2 cm³/mol. The van der Waals surface area contributed by atoms with Gasteiger partial charge in [-0.2, -0.15) is 0 Å². The third-order valence-corrected chi connectivity index (χ3v) is 3.35. The van der Waals surface area contributed by atoms with Crippen LogP contribution in [0.2, 0.25) is 0 Å². The minimum atomic E-state index is -0.525. The van der Waals surface area contributed by atoms with E-state index in [2.05, 4.69) is 5.32 Å². The van der Waals surface area contributed by atoms with Crippen LogP contribution in [0.1, 0.15) is 24.1 Å². The van der Waals surface area contributed by atoms with Crippen molar-refractivity contribution < 1.29 is 14.3 Å². The number of nitrogens with one attached hydrogen (secondary N) is 1. The second-order valence-corrected chi connectivity index (χ2v) is 5.30. The van der Waals surface area contributed by atoms with Gasteiger partial charge in [0.25, 0.3) is 5.91 Å². The van der Waals surface area contributed by atoms with Crippen molar-refractivity contribution in [3.05, 3.63) is 71.8 Å². The smallest absolute Gasteiger partial charge is 0.255 e. The average Bonchev–Trinajstić information content (AvgIpc) is 2.59. The van der Waals surface area contributed by atoms with Crippen LogP contribution in [0.25, 0.3) is 6.08 Å². The van der Waals surface area contributed by atoms with Crippen molar-refractivity contribution in [3.63, 3.8) is 0 Å². The molecule has 0 aliphatic rings. The summed E-state index contributed by atoms with van der Waals surface area (Å²) in [6.45, 7) is 1.78. The minimum Gasteiger partial charge on any atom is -0.484 e. The number of hydrogen-bond donors (Lipinski definition) is 2. The number of carbonyl (C=O) groups is 2. The molecule has 0 bridgehead atoms. The molecule has 0 aromatic heterocycles. The Labute approximate surface area is 141 Å². The van der Waals surface area contributed by atoms with E-state index in [1.165, 1.54) is 6.08 Å². The predicted octanol–water partition coefficient (Wildman–Crippen LogP) is 2.44. The Morgan fingerprint density at radius 2 is 1.79 bits per heavy atom. The van der Waals surface area contributed by atoms with Gasteiger partial charge in [-0.1, -0.05) is 42.5 Å². The maximum Gasteiger partial charge on any atom is 0.255 e. The number of rotatable bonds is 7. The number of carbonyl (C=O) groups excluding carboxylic acids is 2. The topological polar surface area (TPSA) is 81.4 Å². The highest BCUT2D eigenvalue weighted by molar-refractivity contribution is 5.92. The van der Waals surface area contributed by atoms with Crippen molar-refractivity contribution in [1.82, 2.24) is 5.32 Å². The van der Waals surface area contributed by atoms with Crippen molar-refractivity contribution in [3.8, 4) is 5.75 Å². The van der Waals surface area contributed by atoms with Crippen LogP contribution in [0.15, 0.2) is 60.7 Å². The molecule has 3 N–H and O–H groups in total. The third kappa shape index (κ3) is 5.61. The molecule has 0 aliphatic carbocycles. The minimum absolute atomic E-state index is 0.0621. The van der Waals surface area contributed by atoms with Gasteiger partial charge in [-0.3, -0.25) is 9.59 Å². The Morgan fingerprint density at radius 1 is 1.12 bits per heavy atom. The number of primary amides is 1. The van der Waals surface area contributed by atoms with Crippen molar-refractivity contribution >= 4 is 17.9 Å². The number of nitrogens with two attached hydrogens (primary N) is 1. The van der Waals surface area contributed by atoms with Crippen LogP contribution in [0.3, 0.4) is 0 Å². The van der Waals surface area contributed by atoms with Gasteiger partial charge in [0.2, 0.25) is 5.91 Å². The van der Waals surface area contributed by atoms with E-state index < -0.39 is 5.91 Å². The first-order valence-corrected chi connectivity index (χ1v) is 7.59. The molecule has 0 spiro atoms. The number of benzene rings is 2. The first-order valence-electron chi connectivity index (χ1n) is 7.59. The van der Waals surface area contributed by atoms with E-state index >= 15 is 0 Å². The lowest BCUT2D eigenvalue weighted by atomic mass is 10.1. The summed E-state index contributed by atoms with van der Waals surface area (Å²) in [6, 6.07) is 16.7. The molecule has 2 rings (SSSR count). The van der Waals surface area contributed by atoms with Gasteiger partial charge in [-0.25, -0.2) is 0 Å². The monoisotopic (exact) mass is 324 g/mol. The van der Waals surface area contributed by atoms with Crippen LogP contribution in [-0.4, -0.2) is 18.4 Å². The molecule has 2 aromatic rings. The number of ether oxygens (including phenoxy) is 1. The van der Waals surface area contributed by atoms with Crippen molar-refractivity contribution in [2.45, 2.75) is 13.0 Å². The molecular weight excluding hydrogens is 304 g/mol. The first kappa shape index (κ1) is 17.3. The molecule has 1 unspecified atom stereocenters. The Hall–Kier alpha value is -3.08. The quantitative estimate of drug-likeness (QED) is 0.768. The lowest BCUT2D eigenvalue weighted by molar-refractivity contribution is -0.120. The van der Waals surface area contributed by atoms with Crippen LogP contribution in [-0.2, 0) is 9.59 Å².